The van der Waals surface area contributed by atoms with Gasteiger partial charge in [0.05, 0.1) is 5.52 Å². The van der Waals surface area contributed by atoms with E-state index >= 15 is 0 Å². The predicted molar refractivity (Wildman–Crippen MR) is 103 cm³/mol. The van der Waals surface area contributed by atoms with E-state index in [0.717, 1.165) is 11.1 Å². The first-order chi connectivity index (χ1) is 11.2. The minimum Gasteiger partial charge on any atom is -0.543 e. The number of rotatable bonds is 2. The van der Waals surface area contributed by atoms with E-state index in [1.54, 1.807) is 32.9 Å². The minimum atomic E-state index is -1.95. The van der Waals surface area contributed by atoms with Gasteiger partial charge in [0.15, 0.2) is 0 Å². The Morgan fingerprint density at radius 1 is 1.08 bits per heavy atom. The maximum atomic E-state index is 12.4. The third-order valence-corrected chi connectivity index (χ3v) is 8.87. The molecule has 138 valence electrons. The van der Waals surface area contributed by atoms with Crippen molar-refractivity contribution in [2.45, 2.75) is 65.3 Å². The van der Waals surface area contributed by atoms with Gasteiger partial charge in [0.1, 0.15) is 11.4 Å². The van der Waals surface area contributed by atoms with E-state index in [1.165, 1.54) is 4.57 Å². The molecule has 0 spiro atoms. The highest BCUT2D eigenvalue weighted by molar-refractivity contribution is 6.74. The fraction of sp³-hybridized carbons (Fsp3) is 0.526. The Morgan fingerprint density at radius 3 is 2.20 bits per heavy atom. The molecule has 0 aliphatic heterocycles. The van der Waals surface area contributed by atoms with Crippen molar-refractivity contribution in [2.24, 2.45) is 0 Å². The van der Waals surface area contributed by atoms with Crippen molar-refractivity contribution >= 4 is 25.3 Å². The number of benzene rings is 1. The third-order valence-electron chi connectivity index (χ3n) is 4.51. The number of nitrogens with zero attached hydrogens (tertiary/aromatic N) is 1. The van der Waals surface area contributed by atoms with Crippen molar-refractivity contribution in [1.29, 1.82) is 0 Å². The Labute approximate surface area is 150 Å². The van der Waals surface area contributed by atoms with Gasteiger partial charge in [-0.15, -0.1) is 0 Å². The van der Waals surface area contributed by atoms with E-state index in [-0.39, 0.29) is 10.9 Å². The Morgan fingerprint density at radius 2 is 1.68 bits per heavy atom. The summed E-state index contributed by atoms with van der Waals surface area (Å²) in [6.07, 6.45) is -0.599. The SMILES string of the molecule is CC(C)(C)OC(=O)n1c(O)cc2cc(O[Si](C)(C)C(C)(C)C)ccc21. The summed E-state index contributed by atoms with van der Waals surface area (Å²) in [6.45, 7) is 16.3. The predicted octanol–water partition coefficient (Wildman–Crippen LogP) is 5.51. The number of carbonyl (C=O) groups excluding carboxylic acids is 1. The van der Waals surface area contributed by atoms with Crippen molar-refractivity contribution in [3.63, 3.8) is 0 Å². The third kappa shape index (κ3) is 4.18. The summed E-state index contributed by atoms with van der Waals surface area (Å²) in [5.74, 6) is 0.606. The number of ether oxygens (including phenoxy) is 1. The van der Waals surface area contributed by atoms with Crippen molar-refractivity contribution in [1.82, 2.24) is 4.57 Å². The molecule has 0 aliphatic carbocycles. The van der Waals surface area contributed by atoms with Gasteiger partial charge in [0.2, 0.25) is 14.2 Å². The van der Waals surface area contributed by atoms with Crippen molar-refractivity contribution < 1.29 is 19.1 Å². The summed E-state index contributed by atoms with van der Waals surface area (Å²) in [5.41, 5.74) is -0.0415. The molecule has 2 aromatic rings. The quantitative estimate of drug-likeness (QED) is 0.714. The maximum Gasteiger partial charge on any atom is 0.421 e. The number of aromatic nitrogens is 1. The fourth-order valence-electron chi connectivity index (χ4n) is 2.19. The number of fused-ring (bicyclic) bond motifs is 1. The van der Waals surface area contributed by atoms with Crippen LogP contribution < -0.4 is 4.43 Å². The molecule has 0 radical (unpaired) electrons. The van der Waals surface area contributed by atoms with Crippen LogP contribution in [0.1, 0.15) is 41.5 Å². The summed E-state index contributed by atoms with van der Waals surface area (Å²) in [5, 5.41) is 11.0. The van der Waals surface area contributed by atoms with Gasteiger partial charge in [-0.3, -0.25) is 0 Å². The number of carbonyl (C=O) groups is 1. The monoisotopic (exact) mass is 363 g/mol. The second kappa shape index (κ2) is 6.09. The van der Waals surface area contributed by atoms with Crippen LogP contribution in [-0.2, 0) is 4.74 Å². The van der Waals surface area contributed by atoms with E-state index < -0.39 is 20.0 Å². The van der Waals surface area contributed by atoms with Gasteiger partial charge >= 0.3 is 6.09 Å². The van der Waals surface area contributed by atoms with Crippen LogP contribution in [0, 0.1) is 0 Å². The van der Waals surface area contributed by atoms with Crippen molar-refractivity contribution in [3.8, 4) is 11.6 Å². The lowest BCUT2D eigenvalue weighted by Gasteiger charge is -2.36. The van der Waals surface area contributed by atoms with Gasteiger partial charge in [-0.2, -0.15) is 0 Å². The molecule has 1 aromatic heterocycles. The molecule has 25 heavy (non-hydrogen) atoms. The normalized spacial score (nSPS) is 13.1. The first-order valence-corrected chi connectivity index (χ1v) is 11.4. The Kier molecular flexibility index (Phi) is 4.72. The summed E-state index contributed by atoms with van der Waals surface area (Å²) < 4.78 is 12.8. The highest BCUT2D eigenvalue weighted by Crippen LogP contribution is 2.38. The number of hydrogen-bond donors (Lipinski definition) is 1. The zero-order valence-corrected chi connectivity index (χ0v) is 17.4. The van der Waals surface area contributed by atoms with Crippen LogP contribution in [0.5, 0.6) is 11.6 Å². The Balaban J connectivity index is 2.39. The highest BCUT2D eigenvalue weighted by atomic mass is 28.4. The number of aromatic hydroxyl groups is 1. The Hall–Kier alpha value is -1.95. The van der Waals surface area contributed by atoms with Crippen molar-refractivity contribution in [3.05, 3.63) is 24.3 Å². The molecular weight excluding hydrogens is 334 g/mol. The van der Waals surface area contributed by atoms with Gasteiger partial charge in [-0.05, 0) is 57.1 Å². The van der Waals surface area contributed by atoms with E-state index in [4.69, 9.17) is 9.16 Å². The first-order valence-electron chi connectivity index (χ1n) is 8.48. The van der Waals surface area contributed by atoms with Crippen LogP contribution in [0.2, 0.25) is 18.1 Å². The van der Waals surface area contributed by atoms with Gasteiger partial charge in [0, 0.05) is 11.5 Å². The molecular formula is C19H29NO4Si. The van der Waals surface area contributed by atoms with Crippen molar-refractivity contribution in [2.75, 3.05) is 0 Å². The first kappa shape index (κ1) is 19.4. The van der Waals surface area contributed by atoms with Crippen LogP contribution >= 0.6 is 0 Å². The topological polar surface area (TPSA) is 60.7 Å². The average molecular weight is 364 g/mol. The molecule has 0 amide bonds. The van der Waals surface area contributed by atoms with Crippen LogP contribution in [0.3, 0.4) is 0 Å². The summed E-state index contributed by atoms with van der Waals surface area (Å²) in [6, 6.07) is 7.03. The van der Waals surface area contributed by atoms with E-state index in [0.29, 0.717) is 5.52 Å². The molecule has 0 aliphatic rings. The summed E-state index contributed by atoms with van der Waals surface area (Å²) in [4.78, 5) is 12.4. The smallest absolute Gasteiger partial charge is 0.421 e. The second-order valence-corrected chi connectivity index (χ2v) is 13.6. The molecule has 1 heterocycles. The maximum absolute atomic E-state index is 12.4. The fourth-order valence-corrected chi connectivity index (χ4v) is 3.21. The molecule has 0 saturated carbocycles. The van der Waals surface area contributed by atoms with Gasteiger partial charge < -0.3 is 14.3 Å². The highest BCUT2D eigenvalue weighted by Gasteiger charge is 2.39. The molecule has 1 aromatic carbocycles. The average Bonchev–Trinajstić information content (AvgIpc) is 2.69. The van der Waals surface area contributed by atoms with E-state index in [9.17, 15) is 9.90 Å². The van der Waals surface area contributed by atoms with Crippen LogP contribution in [-0.4, -0.2) is 29.7 Å². The molecule has 6 heteroatoms. The molecule has 0 saturated heterocycles. The molecule has 0 bridgehead atoms. The second-order valence-electron chi connectivity index (χ2n) is 8.90. The summed E-state index contributed by atoms with van der Waals surface area (Å²) in [7, 11) is -1.95. The van der Waals surface area contributed by atoms with Gasteiger partial charge in [-0.1, -0.05) is 20.8 Å². The summed E-state index contributed by atoms with van der Waals surface area (Å²) >= 11 is 0. The zero-order chi connectivity index (χ0) is 19.2. The molecule has 1 N–H and O–H groups in total. The number of hydrogen-bond acceptors (Lipinski definition) is 4. The zero-order valence-electron chi connectivity index (χ0n) is 16.4. The van der Waals surface area contributed by atoms with Crippen LogP contribution in [0.4, 0.5) is 4.79 Å². The minimum absolute atomic E-state index is 0.0898. The largest absolute Gasteiger partial charge is 0.543 e. The van der Waals surface area contributed by atoms with Gasteiger partial charge in [0.25, 0.3) is 0 Å². The van der Waals surface area contributed by atoms with Crippen LogP contribution in [0.25, 0.3) is 10.9 Å². The lowest BCUT2D eigenvalue weighted by molar-refractivity contribution is 0.0533. The molecule has 0 unspecified atom stereocenters. The Bertz CT molecular complexity index is 794. The van der Waals surface area contributed by atoms with E-state index in [2.05, 4.69) is 33.9 Å². The van der Waals surface area contributed by atoms with Gasteiger partial charge in [-0.25, -0.2) is 9.36 Å². The molecule has 2 rings (SSSR count). The molecule has 5 nitrogen and oxygen atoms in total. The molecule has 0 atom stereocenters. The van der Waals surface area contributed by atoms with Crippen LogP contribution in [0.15, 0.2) is 24.3 Å². The standard InChI is InChI=1S/C19H29NO4Si/c1-18(2,3)23-17(22)20-15-10-9-14(11-13(15)12-16(20)21)24-25(7,8)19(4,5)6/h9-12,21H,1-8H3. The molecule has 0 fully saturated rings. The van der Waals surface area contributed by atoms with E-state index in [1.807, 2.05) is 12.1 Å². The lowest BCUT2D eigenvalue weighted by Crippen LogP contribution is -2.43. The lowest BCUT2D eigenvalue weighted by atomic mass is 10.2.